The van der Waals surface area contributed by atoms with Crippen LogP contribution < -0.4 is 10.6 Å². The van der Waals surface area contributed by atoms with Gasteiger partial charge >= 0.3 is 5.97 Å². The lowest BCUT2D eigenvalue weighted by molar-refractivity contribution is -0.144. The summed E-state index contributed by atoms with van der Waals surface area (Å²) in [6.07, 6.45) is 0. The van der Waals surface area contributed by atoms with Crippen molar-refractivity contribution in [3.8, 4) is 0 Å². The molecule has 1 aromatic carbocycles. The number of benzene rings is 1. The molecule has 0 fully saturated rings. The number of aliphatic imine (C=N–C) groups is 1. The summed E-state index contributed by atoms with van der Waals surface area (Å²) < 4.78 is 4.68. The molecular weight excluding hydrogens is 435 g/mol. The van der Waals surface area contributed by atoms with Crippen LogP contribution in [0.1, 0.15) is 22.8 Å². The lowest BCUT2D eigenvalue weighted by atomic mass is 10.1. The van der Waals surface area contributed by atoms with E-state index in [1.807, 2.05) is 12.1 Å². The van der Waals surface area contributed by atoms with E-state index >= 15 is 0 Å². The number of halogens is 1. The number of esters is 1. The summed E-state index contributed by atoms with van der Waals surface area (Å²) in [5.41, 5.74) is 1.67. The number of hydrogen-bond acceptors (Lipinski definition) is 4. The summed E-state index contributed by atoms with van der Waals surface area (Å²) in [4.78, 5) is 28.9. The molecular formula is C17H27IN4O3. The van der Waals surface area contributed by atoms with Crippen LogP contribution in [-0.4, -0.2) is 57.5 Å². The molecule has 0 spiro atoms. The van der Waals surface area contributed by atoms with Crippen molar-refractivity contribution in [2.24, 2.45) is 10.9 Å². The molecule has 140 valence electrons. The highest BCUT2D eigenvalue weighted by atomic mass is 127. The van der Waals surface area contributed by atoms with Gasteiger partial charge in [0, 0.05) is 39.8 Å². The Morgan fingerprint density at radius 2 is 1.80 bits per heavy atom. The van der Waals surface area contributed by atoms with Crippen LogP contribution in [0.2, 0.25) is 0 Å². The lowest BCUT2D eigenvalue weighted by Crippen LogP contribution is -2.40. The largest absolute Gasteiger partial charge is 0.469 e. The third-order valence-corrected chi connectivity index (χ3v) is 3.47. The molecule has 0 aliphatic carbocycles. The second kappa shape index (κ2) is 11.7. The molecule has 8 heteroatoms. The van der Waals surface area contributed by atoms with Crippen molar-refractivity contribution >= 4 is 41.8 Å². The number of carbonyl (C=O) groups excluding carboxylic acids is 2. The van der Waals surface area contributed by atoms with E-state index in [1.165, 1.54) is 7.11 Å². The zero-order valence-electron chi connectivity index (χ0n) is 15.3. The molecule has 1 unspecified atom stereocenters. The molecule has 0 aliphatic heterocycles. The van der Waals surface area contributed by atoms with Crippen LogP contribution in [-0.2, 0) is 16.1 Å². The Bertz CT molecular complexity index is 588. The normalized spacial score (nSPS) is 11.8. The molecule has 1 amide bonds. The Labute approximate surface area is 166 Å². The zero-order valence-corrected chi connectivity index (χ0v) is 17.7. The van der Waals surface area contributed by atoms with Crippen molar-refractivity contribution in [1.82, 2.24) is 15.5 Å². The van der Waals surface area contributed by atoms with E-state index in [-0.39, 0.29) is 41.8 Å². The molecule has 1 rings (SSSR count). The number of carbonyl (C=O) groups is 2. The molecule has 0 bridgehead atoms. The first-order valence-corrected chi connectivity index (χ1v) is 7.72. The number of hydrogen-bond donors (Lipinski definition) is 2. The monoisotopic (exact) mass is 462 g/mol. The Kier molecular flexibility index (Phi) is 10.8. The van der Waals surface area contributed by atoms with Gasteiger partial charge in [0.1, 0.15) is 0 Å². The number of methoxy groups -OCH3 is 1. The van der Waals surface area contributed by atoms with Crippen LogP contribution >= 0.6 is 24.0 Å². The fraction of sp³-hybridized carbons (Fsp3) is 0.471. The number of rotatable bonds is 6. The summed E-state index contributed by atoms with van der Waals surface area (Å²) in [6.45, 7) is 2.78. The highest BCUT2D eigenvalue weighted by molar-refractivity contribution is 14.0. The SMILES string of the molecule is CN=C(NCc1ccc(C(=O)N(C)C)cc1)NCC(C)C(=O)OC.I. The molecule has 1 aromatic rings. The van der Waals surface area contributed by atoms with Crippen LogP contribution in [0.3, 0.4) is 0 Å². The molecule has 0 aliphatic rings. The first kappa shape index (κ1) is 23.2. The van der Waals surface area contributed by atoms with E-state index in [4.69, 9.17) is 0 Å². The summed E-state index contributed by atoms with van der Waals surface area (Å²) in [5.74, 6) is 0.0481. The van der Waals surface area contributed by atoms with Crippen molar-refractivity contribution in [3.63, 3.8) is 0 Å². The van der Waals surface area contributed by atoms with Crippen molar-refractivity contribution < 1.29 is 14.3 Å². The van der Waals surface area contributed by atoms with Gasteiger partial charge in [-0.05, 0) is 17.7 Å². The average Bonchev–Trinajstić information content (AvgIpc) is 2.60. The number of nitrogens with zero attached hydrogens (tertiary/aromatic N) is 2. The van der Waals surface area contributed by atoms with E-state index in [0.717, 1.165) is 5.56 Å². The van der Waals surface area contributed by atoms with E-state index in [0.29, 0.717) is 24.6 Å². The number of amides is 1. The standard InChI is InChI=1S/C17H26N4O3.HI/c1-12(16(23)24-5)10-19-17(18-2)20-11-13-6-8-14(9-7-13)15(22)21(3)4;/h6-9,12H,10-11H2,1-5H3,(H2,18,19,20);1H. The van der Waals surface area contributed by atoms with Gasteiger partial charge < -0.3 is 20.3 Å². The Balaban J connectivity index is 0.00000576. The summed E-state index contributed by atoms with van der Waals surface area (Å²) in [6, 6.07) is 7.39. The number of ether oxygens (including phenoxy) is 1. The molecule has 1 atom stereocenters. The molecule has 0 radical (unpaired) electrons. The van der Waals surface area contributed by atoms with Gasteiger partial charge in [0.05, 0.1) is 13.0 Å². The second-order valence-corrected chi connectivity index (χ2v) is 5.63. The van der Waals surface area contributed by atoms with Gasteiger partial charge in [-0.2, -0.15) is 0 Å². The maximum Gasteiger partial charge on any atom is 0.310 e. The summed E-state index contributed by atoms with van der Waals surface area (Å²) >= 11 is 0. The minimum atomic E-state index is -0.265. The molecule has 0 saturated heterocycles. The van der Waals surface area contributed by atoms with Gasteiger partial charge in [-0.25, -0.2) is 0 Å². The van der Waals surface area contributed by atoms with Crippen molar-refractivity contribution in [3.05, 3.63) is 35.4 Å². The maximum absolute atomic E-state index is 11.8. The summed E-state index contributed by atoms with van der Waals surface area (Å²) in [7, 11) is 6.49. The molecule has 25 heavy (non-hydrogen) atoms. The Hall–Kier alpha value is -1.84. The van der Waals surface area contributed by atoms with Crippen molar-refractivity contribution in [2.45, 2.75) is 13.5 Å². The highest BCUT2D eigenvalue weighted by Gasteiger charge is 2.13. The molecule has 7 nitrogen and oxygen atoms in total. The fourth-order valence-electron chi connectivity index (χ4n) is 1.96. The van der Waals surface area contributed by atoms with Gasteiger partial charge in [-0.3, -0.25) is 14.6 Å². The molecule has 0 aromatic heterocycles. The van der Waals surface area contributed by atoms with Crippen LogP contribution in [0.15, 0.2) is 29.3 Å². The van der Waals surface area contributed by atoms with Crippen LogP contribution in [0, 0.1) is 5.92 Å². The fourth-order valence-corrected chi connectivity index (χ4v) is 1.96. The predicted molar refractivity (Wildman–Crippen MR) is 109 cm³/mol. The van der Waals surface area contributed by atoms with Crippen molar-refractivity contribution in [1.29, 1.82) is 0 Å². The Morgan fingerprint density at radius 1 is 1.20 bits per heavy atom. The summed E-state index contributed by atoms with van der Waals surface area (Å²) in [5, 5.41) is 6.24. The molecule has 0 heterocycles. The van der Waals surface area contributed by atoms with Gasteiger partial charge in [-0.15, -0.1) is 24.0 Å². The van der Waals surface area contributed by atoms with E-state index in [2.05, 4.69) is 20.4 Å². The number of guanidine groups is 1. The molecule has 2 N–H and O–H groups in total. The van der Waals surface area contributed by atoms with E-state index < -0.39 is 0 Å². The van der Waals surface area contributed by atoms with E-state index in [1.54, 1.807) is 45.1 Å². The van der Waals surface area contributed by atoms with Gasteiger partial charge in [0.15, 0.2) is 5.96 Å². The minimum Gasteiger partial charge on any atom is -0.469 e. The quantitative estimate of drug-likeness (QED) is 0.290. The smallest absolute Gasteiger partial charge is 0.310 e. The van der Waals surface area contributed by atoms with Crippen molar-refractivity contribution in [2.75, 3.05) is 34.8 Å². The average molecular weight is 462 g/mol. The zero-order chi connectivity index (χ0) is 18.1. The lowest BCUT2D eigenvalue weighted by Gasteiger charge is -2.15. The first-order valence-electron chi connectivity index (χ1n) is 7.72. The third-order valence-electron chi connectivity index (χ3n) is 3.47. The third kappa shape index (κ3) is 7.72. The minimum absolute atomic E-state index is 0. The van der Waals surface area contributed by atoms with Crippen LogP contribution in [0.5, 0.6) is 0 Å². The molecule has 0 saturated carbocycles. The Morgan fingerprint density at radius 3 is 2.28 bits per heavy atom. The van der Waals surface area contributed by atoms with Gasteiger partial charge in [-0.1, -0.05) is 19.1 Å². The van der Waals surface area contributed by atoms with E-state index in [9.17, 15) is 9.59 Å². The van der Waals surface area contributed by atoms with Gasteiger partial charge in [0.2, 0.25) is 0 Å². The van der Waals surface area contributed by atoms with Crippen LogP contribution in [0.25, 0.3) is 0 Å². The second-order valence-electron chi connectivity index (χ2n) is 5.63. The number of nitrogens with one attached hydrogen (secondary N) is 2. The predicted octanol–water partition coefficient (Wildman–Crippen LogP) is 1.48. The highest BCUT2D eigenvalue weighted by Crippen LogP contribution is 2.06. The topological polar surface area (TPSA) is 83.0 Å². The van der Waals surface area contributed by atoms with Gasteiger partial charge in [0.25, 0.3) is 5.91 Å². The maximum atomic E-state index is 11.8. The van der Waals surface area contributed by atoms with Crippen LogP contribution in [0.4, 0.5) is 0 Å². The first-order chi connectivity index (χ1) is 11.4.